The second-order valence-corrected chi connectivity index (χ2v) is 21.2. The number of fused-ring (bicyclic) bond motifs is 8. The highest BCUT2D eigenvalue weighted by atomic mass is 32.2. The SMILES string of the molecule is CC(=O)SCc1cccc(C2=c3ccc([nH]3)=C(c3cccc(CSC(C)=O)c3)c3ccc([nH]3)C(c3cccc(CSC(C)=O)c3)=c3ccc([nH]3)=C(c3cccc(CSC(C)=O)c3)c3ccc2[nH]3)c1. The molecule has 12 heteroatoms. The summed E-state index contributed by atoms with van der Waals surface area (Å²) in [5, 5.41) is 3.84. The van der Waals surface area contributed by atoms with E-state index in [1.807, 2.05) is 24.3 Å². The Balaban J connectivity index is 1.36. The van der Waals surface area contributed by atoms with Crippen molar-refractivity contribution in [2.75, 3.05) is 0 Å². The standard InChI is InChI=1S/C56H48N4O4S4/c1-33(61)65-29-37-9-5-13-41(25-37)53-45-17-19-47(57-45)54(42-14-6-10-38(26-42)30-66-34(2)62)49-21-23-51(59-49)56(44-16-8-12-40(28-44)32-68-36(4)64)52-24-22-50(60-52)55(48-20-18-46(53)58-48)43-15-7-11-39(27-43)31-67-35(3)63/h5-28,57-60H,29-32H2,1-4H3. The number of nitrogens with one attached hydrogen (secondary N) is 4. The highest BCUT2D eigenvalue weighted by molar-refractivity contribution is 8.13. The van der Waals surface area contributed by atoms with Crippen molar-refractivity contribution in [3.05, 3.63) is 234 Å². The molecule has 4 N–H and O–H groups in total. The summed E-state index contributed by atoms with van der Waals surface area (Å²) in [6.45, 7) is 6.38. The van der Waals surface area contributed by atoms with Crippen LogP contribution in [0, 0.1) is 0 Å². The van der Waals surface area contributed by atoms with Gasteiger partial charge in [-0.15, -0.1) is 0 Å². The third-order valence-corrected chi connectivity index (χ3v) is 15.1. The van der Waals surface area contributed by atoms with Crippen molar-refractivity contribution in [1.82, 2.24) is 19.9 Å². The van der Waals surface area contributed by atoms with Crippen LogP contribution in [0.1, 0.15) is 95.0 Å². The van der Waals surface area contributed by atoms with Gasteiger partial charge >= 0.3 is 0 Å². The Kier molecular flexibility index (Phi) is 14.3. The number of H-pyrrole nitrogens is 4. The first-order chi connectivity index (χ1) is 32.9. The molecule has 0 aliphatic carbocycles. The van der Waals surface area contributed by atoms with Crippen LogP contribution in [0.15, 0.2) is 146 Å². The van der Waals surface area contributed by atoms with Crippen LogP contribution in [-0.2, 0) is 42.2 Å². The van der Waals surface area contributed by atoms with E-state index >= 15 is 0 Å². The van der Waals surface area contributed by atoms with Gasteiger partial charge in [-0.05, 0) is 93.0 Å². The minimum Gasteiger partial charge on any atom is -0.354 e. The van der Waals surface area contributed by atoms with Crippen LogP contribution in [0.25, 0.3) is 22.3 Å². The molecule has 8 nitrogen and oxygen atoms in total. The maximum atomic E-state index is 12.1. The van der Waals surface area contributed by atoms with E-state index in [2.05, 4.69) is 141 Å². The molecule has 0 spiro atoms. The second-order valence-electron chi connectivity index (χ2n) is 16.6. The fourth-order valence-electron chi connectivity index (χ4n) is 8.58. The van der Waals surface area contributed by atoms with Gasteiger partial charge < -0.3 is 19.9 Å². The Hall–Kier alpha value is -6.44. The van der Waals surface area contributed by atoms with Crippen molar-refractivity contribution in [3.8, 4) is 0 Å². The van der Waals surface area contributed by atoms with Gasteiger partial charge in [-0.1, -0.05) is 144 Å². The molecule has 0 saturated heterocycles. The second kappa shape index (κ2) is 20.8. The molecular formula is C56H48N4O4S4. The van der Waals surface area contributed by atoms with Crippen molar-refractivity contribution in [2.24, 2.45) is 0 Å². The van der Waals surface area contributed by atoms with E-state index < -0.39 is 0 Å². The van der Waals surface area contributed by atoms with Gasteiger partial charge in [0.2, 0.25) is 0 Å². The van der Waals surface area contributed by atoms with Crippen LogP contribution < -0.4 is 21.4 Å². The quantitative estimate of drug-likeness (QED) is 0.0954. The molecule has 4 aromatic heterocycles. The summed E-state index contributed by atoms with van der Waals surface area (Å²) in [5.41, 5.74) is 15.5. The van der Waals surface area contributed by atoms with Gasteiger partial charge in [-0.3, -0.25) is 19.2 Å². The topological polar surface area (TPSA) is 131 Å². The normalized spacial score (nSPS) is 12.4. The van der Waals surface area contributed by atoms with Gasteiger partial charge in [0.1, 0.15) is 0 Å². The Labute approximate surface area is 411 Å². The molecule has 0 amide bonds. The number of thioether (sulfide) groups is 4. The van der Waals surface area contributed by atoms with Crippen LogP contribution in [0.5, 0.6) is 0 Å². The molecule has 9 rings (SSSR count). The molecule has 340 valence electrons. The third-order valence-electron chi connectivity index (χ3n) is 11.5. The first kappa shape index (κ1) is 46.7. The van der Waals surface area contributed by atoms with Gasteiger partial charge in [0.05, 0.1) is 0 Å². The molecule has 0 atom stereocenters. The zero-order valence-electron chi connectivity index (χ0n) is 38.0. The smallest absolute Gasteiger partial charge is 0.186 e. The summed E-state index contributed by atoms with van der Waals surface area (Å²) in [6, 6.07) is 50.5. The minimum absolute atomic E-state index is 0.0665. The molecule has 5 heterocycles. The molecule has 8 bridgehead atoms. The number of aromatic amines is 4. The van der Waals surface area contributed by atoms with Crippen molar-refractivity contribution < 1.29 is 19.2 Å². The average Bonchev–Trinajstić information content (AvgIpc) is 4.18. The largest absolute Gasteiger partial charge is 0.354 e. The number of rotatable bonds is 12. The summed E-state index contributed by atoms with van der Waals surface area (Å²) in [6.07, 6.45) is 0. The molecule has 0 saturated carbocycles. The minimum atomic E-state index is 0.0665. The maximum Gasteiger partial charge on any atom is 0.186 e. The lowest BCUT2D eigenvalue weighted by atomic mass is 10.0. The van der Waals surface area contributed by atoms with E-state index in [1.165, 1.54) is 47.0 Å². The molecular weight excluding hydrogens is 921 g/mol. The van der Waals surface area contributed by atoms with Gasteiger partial charge in [0.15, 0.2) is 20.5 Å². The van der Waals surface area contributed by atoms with Crippen molar-refractivity contribution in [2.45, 2.75) is 50.7 Å². The molecule has 68 heavy (non-hydrogen) atoms. The number of aromatic nitrogens is 4. The molecule has 8 aromatic rings. The molecule has 0 fully saturated rings. The average molecular weight is 969 g/mol. The molecule has 0 radical (unpaired) electrons. The fourth-order valence-corrected chi connectivity index (χ4v) is 10.8. The zero-order valence-corrected chi connectivity index (χ0v) is 41.2. The first-order valence-electron chi connectivity index (χ1n) is 22.1. The number of carbonyl (C=O) groups excluding carboxylic acids is 4. The summed E-state index contributed by atoms with van der Waals surface area (Å²) in [5.74, 6) is 2.22. The number of hydrogen-bond acceptors (Lipinski definition) is 8. The van der Waals surface area contributed by atoms with Crippen LogP contribution in [-0.4, -0.2) is 40.4 Å². The van der Waals surface area contributed by atoms with E-state index in [4.69, 9.17) is 0 Å². The van der Waals surface area contributed by atoms with Crippen molar-refractivity contribution >= 4 is 89.8 Å². The number of carbonyl (C=O) groups is 4. The Bertz CT molecular complexity index is 3070. The van der Waals surface area contributed by atoms with E-state index in [0.717, 1.165) is 111 Å². The Morgan fingerprint density at radius 2 is 0.559 bits per heavy atom. The summed E-state index contributed by atoms with van der Waals surface area (Å²) >= 11 is 5.17. The van der Waals surface area contributed by atoms with Crippen LogP contribution >= 0.6 is 47.0 Å². The predicted octanol–water partition coefficient (Wildman–Crippen LogP) is 9.42. The number of benzene rings is 4. The monoisotopic (exact) mass is 968 g/mol. The highest BCUT2D eigenvalue weighted by Gasteiger charge is 2.20. The summed E-state index contributed by atoms with van der Waals surface area (Å²) in [7, 11) is 0. The first-order valence-corrected chi connectivity index (χ1v) is 26.1. The molecule has 1 aliphatic rings. The fraction of sp³-hybridized carbons (Fsp3) is 0.143. The van der Waals surface area contributed by atoms with Gasteiger partial charge in [0, 0.05) is 117 Å². The van der Waals surface area contributed by atoms with E-state index in [9.17, 15) is 19.2 Å². The van der Waals surface area contributed by atoms with Gasteiger partial charge in [0.25, 0.3) is 0 Å². The van der Waals surface area contributed by atoms with Crippen LogP contribution in [0.4, 0.5) is 0 Å². The summed E-state index contributed by atoms with van der Waals surface area (Å²) < 4.78 is 0. The molecule has 0 unspecified atom stereocenters. The number of hydrogen-bond donors (Lipinski definition) is 4. The van der Waals surface area contributed by atoms with E-state index in [-0.39, 0.29) is 20.5 Å². The lowest BCUT2D eigenvalue weighted by molar-refractivity contribution is -0.109. The Morgan fingerprint density at radius 1 is 0.324 bits per heavy atom. The predicted molar refractivity (Wildman–Crippen MR) is 282 cm³/mol. The molecule has 1 aliphatic heterocycles. The lowest BCUT2D eigenvalue weighted by Crippen LogP contribution is -2.19. The van der Waals surface area contributed by atoms with Crippen molar-refractivity contribution in [1.29, 1.82) is 0 Å². The lowest BCUT2D eigenvalue weighted by Gasteiger charge is -2.12. The van der Waals surface area contributed by atoms with E-state index in [0.29, 0.717) is 23.0 Å². The van der Waals surface area contributed by atoms with Gasteiger partial charge in [-0.25, -0.2) is 0 Å². The van der Waals surface area contributed by atoms with E-state index in [1.54, 1.807) is 27.7 Å². The zero-order chi connectivity index (χ0) is 47.3. The summed E-state index contributed by atoms with van der Waals surface area (Å²) in [4.78, 5) is 63.8. The van der Waals surface area contributed by atoms with Crippen molar-refractivity contribution in [3.63, 3.8) is 0 Å². The Morgan fingerprint density at radius 3 is 0.779 bits per heavy atom. The van der Waals surface area contributed by atoms with Gasteiger partial charge in [-0.2, -0.15) is 0 Å². The highest BCUT2D eigenvalue weighted by Crippen LogP contribution is 2.31. The van der Waals surface area contributed by atoms with Crippen LogP contribution in [0.2, 0.25) is 0 Å². The molecule has 4 aromatic carbocycles. The van der Waals surface area contributed by atoms with Crippen LogP contribution in [0.3, 0.4) is 0 Å². The maximum absolute atomic E-state index is 12.1. The third kappa shape index (κ3) is 10.8.